The minimum absolute atomic E-state index is 0.0846. The summed E-state index contributed by atoms with van der Waals surface area (Å²) in [7, 11) is 0. The number of hydrogen-bond acceptors (Lipinski definition) is 3. The zero-order valence-electron chi connectivity index (χ0n) is 12.4. The van der Waals surface area contributed by atoms with Gasteiger partial charge in [0.25, 0.3) is 0 Å². The maximum Gasteiger partial charge on any atom is 0.0684 e. The SMILES string of the molecule is OCc1ccccc1CSc1c(Cl)ccc2c1CCNCC2. The Balaban J connectivity index is 1.86. The van der Waals surface area contributed by atoms with Gasteiger partial charge in [0, 0.05) is 10.6 Å². The molecule has 3 rings (SSSR count). The van der Waals surface area contributed by atoms with Gasteiger partial charge in [-0.2, -0.15) is 0 Å². The van der Waals surface area contributed by atoms with Crippen LogP contribution in [-0.4, -0.2) is 18.2 Å². The number of hydrogen-bond donors (Lipinski definition) is 2. The summed E-state index contributed by atoms with van der Waals surface area (Å²) in [4.78, 5) is 1.20. The number of benzene rings is 2. The highest BCUT2D eigenvalue weighted by molar-refractivity contribution is 7.98. The third kappa shape index (κ3) is 3.49. The molecule has 1 aliphatic rings. The van der Waals surface area contributed by atoms with Crippen molar-refractivity contribution in [2.75, 3.05) is 13.1 Å². The lowest BCUT2D eigenvalue weighted by atomic mass is 10.0. The highest BCUT2D eigenvalue weighted by atomic mass is 35.5. The summed E-state index contributed by atoms with van der Waals surface area (Å²) < 4.78 is 0. The molecule has 2 aromatic carbocycles. The van der Waals surface area contributed by atoms with Crippen LogP contribution in [0, 0.1) is 0 Å². The number of fused-ring (bicyclic) bond motifs is 1. The fourth-order valence-electron chi connectivity index (χ4n) is 2.87. The molecule has 0 atom stereocenters. The first-order chi connectivity index (χ1) is 10.8. The monoisotopic (exact) mass is 333 g/mol. The van der Waals surface area contributed by atoms with Crippen molar-refractivity contribution in [2.45, 2.75) is 30.1 Å². The maximum atomic E-state index is 9.46. The van der Waals surface area contributed by atoms with Crippen molar-refractivity contribution in [1.29, 1.82) is 0 Å². The van der Waals surface area contributed by atoms with Gasteiger partial charge in [0.2, 0.25) is 0 Å². The highest BCUT2D eigenvalue weighted by Gasteiger charge is 2.15. The van der Waals surface area contributed by atoms with E-state index in [1.165, 1.54) is 21.6 Å². The van der Waals surface area contributed by atoms with Gasteiger partial charge >= 0.3 is 0 Å². The average Bonchev–Trinajstić information content (AvgIpc) is 2.79. The third-order valence-corrected chi connectivity index (χ3v) is 5.73. The van der Waals surface area contributed by atoms with Crippen molar-refractivity contribution in [3.05, 3.63) is 63.7 Å². The number of nitrogens with one attached hydrogen (secondary N) is 1. The quantitative estimate of drug-likeness (QED) is 0.834. The molecule has 0 saturated carbocycles. The number of aliphatic hydroxyl groups excluding tert-OH is 1. The molecular weight excluding hydrogens is 314 g/mol. The smallest absolute Gasteiger partial charge is 0.0684 e. The lowest BCUT2D eigenvalue weighted by molar-refractivity contribution is 0.281. The van der Waals surface area contributed by atoms with E-state index >= 15 is 0 Å². The minimum Gasteiger partial charge on any atom is -0.392 e. The lowest BCUT2D eigenvalue weighted by Crippen LogP contribution is -2.16. The molecule has 1 aliphatic heterocycles. The molecule has 0 radical (unpaired) electrons. The predicted molar refractivity (Wildman–Crippen MR) is 93.7 cm³/mol. The molecule has 22 heavy (non-hydrogen) atoms. The zero-order chi connectivity index (χ0) is 15.4. The molecule has 0 amide bonds. The van der Waals surface area contributed by atoms with E-state index in [-0.39, 0.29) is 6.61 Å². The van der Waals surface area contributed by atoms with Crippen molar-refractivity contribution >= 4 is 23.4 Å². The second-order valence-electron chi connectivity index (χ2n) is 5.48. The van der Waals surface area contributed by atoms with E-state index in [9.17, 15) is 5.11 Å². The van der Waals surface area contributed by atoms with Crippen LogP contribution < -0.4 is 5.32 Å². The van der Waals surface area contributed by atoms with E-state index < -0.39 is 0 Å². The minimum atomic E-state index is 0.0846. The molecule has 0 bridgehead atoms. The van der Waals surface area contributed by atoms with Crippen molar-refractivity contribution in [3.8, 4) is 0 Å². The molecule has 4 heteroatoms. The van der Waals surface area contributed by atoms with Gasteiger partial charge in [-0.1, -0.05) is 41.9 Å². The van der Waals surface area contributed by atoms with E-state index in [1.807, 2.05) is 24.3 Å². The Morgan fingerprint density at radius 2 is 1.82 bits per heavy atom. The van der Waals surface area contributed by atoms with Gasteiger partial charge < -0.3 is 10.4 Å². The van der Waals surface area contributed by atoms with Gasteiger partial charge in [0.05, 0.1) is 11.6 Å². The largest absolute Gasteiger partial charge is 0.392 e. The second kappa shape index (κ2) is 7.51. The van der Waals surface area contributed by atoms with Crippen molar-refractivity contribution in [3.63, 3.8) is 0 Å². The summed E-state index contributed by atoms with van der Waals surface area (Å²) in [6.07, 6.45) is 2.09. The van der Waals surface area contributed by atoms with Crippen LogP contribution >= 0.6 is 23.4 Å². The fourth-order valence-corrected chi connectivity index (χ4v) is 4.40. The number of aliphatic hydroxyl groups is 1. The number of thioether (sulfide) groups is 1. The van der Waals surface area contributed by atoms with Gasteiger partial charge in [0.15, 0.2) is 0 Å². The lowest BCUT2D eigenvalue weighted by Gasteiger charge is -2.14. The van der Waals surface area contributed by atoms with Gasteiger partial charge in [0.1, 0.15) is 0 Å². The first-order valence-corrected chi connectivity index (χ1v) is 8.97. The first-order valence-electron chi connectivity index (χ1n) is 7.61. The molecule has 0 aliphatic carbocycles. The van der Waals surface area contributed by atoms with Crippen LogP contribution in [0.3, 0.4) is 0 Å². The Morgan fingerprint density at radius 1 is 1.05 bits per heavy atom. The third-order valence-electron chi connectivity index (χ3n) is 4.09. The van der Waals surface area contributed by atoms with Crippen LogP contribution in [0.1, 0.15) is 22.3 Å². The van der Waals surface area contributed by atoms with E-state index in [2.05, 4.69) is 17.4 Å². The summed E-state index contributed by atoms with van der Waals surface area (Å²) in [5, 5.41) is 13.7. The van der Waals surface area contributed by atoms with Crippen LogP contribution in [0.25, 0.3) is 0 Å². The van der Waals surface area contributed by atoms with Crippen LogP contribution in [0.5, 0.6) is 0 Å². The van der Waals surface area contributed by atoms with E-state index in [1.54, 1.807) is 11.8 Å². The van der Waals surface area contributed by atoms with Gasteiger partial charge in [-0.3, -0.25) is 0 Å². The molecule has 2 aromatic rings. The molecule has 1 heterocycles. The van der Waals surface area contributed by atoms with Crippen LogP contribution in [0.15, 0.2) is 41.3 Å². The molecule has 0 saturated heterocycles. The molecule has 116 valence electrons. The summed E-state index contributed by atoms with van der Waals surface area (Å²) in [6, 6.07) is 12.2. The van der Waals surface area contributed by atoms with Gasteiger partial charge in [-0.15, -0.1) is 11.8 Å². The van der Waals surface area contributed by atoms with E-state index in [0.29, 0.717) is 0 Å². The molecule has 0 spiro atoms. The molecule has 2 N–H and O–H groups in total. The summed E-state index contributed by atoms with van der Waals surface area (Å²) in [5.74, 6) is 0.834. The fraction of sp³-hybridized carbons (Fsp3) is 0.333. The summed E-state index contributed by atoms with van der Waals surface area (Å²) in [5.41, 5.74) is 4.97. The molecule has 0 unspecified atom stereocenters. The second-order valence-corrected chi connectivity index (χ2v) is 6.87. The Morgan fingerprint density at radius 3 is 2.64 bits per heavy atom. The Hall–Kier alpha value is -1.00. The van der Waals surface area contributed by atoms with Crippen molar-refractivity contribution in [1.82, 2.24) is 5.32 Å². The van der Waals surface area contributed by atoms with Crippen LogP contribution in [0.2, 0.25) is 5.02 Å². The molecule has 0 fully saturated rings. The molecule has 0 aromatic heterocycles. The predicted octanol–water partition coefficient (Wildman–Crippen LogP) is 3.81. The first kappa shape index (κ1) is 15.9. The summed E-state index contributed by atoms with van der Waals surface area (Å²) >= 11 is 8.25. The highest BCUT2D eigenvalue weighted by Crippen LogP contribution is 2.36. The normalized spacial score (nSPS) is 14.5. The van der Waals surface area contributed by atoms with E-state index in [4.69, 9.17) is 11.6 Å². The van der Waals surface area contributed by atoms with E-state index in [0.717, 1.165) is 42.3 Å². The standard InChI is InChI=1S/C18H20ClNOS/c19-17-6-5-13-7-9-20-10-8-16(13)18(17)22-12-15-4-2-1-3-14(15)11-21/h1-6,20-21H,7-12H2. The van der Waals surface area contributed by atoms with Crippen molar-refractivity contribution < 1.29 is 5.11 Å². The maximum absolute atomic E-state index is 9.46. The topological polar surface area (TPSA) is 32.3 Å². The summed E-state index contributed by atoms with van der Waals surface area (Å²) in [6.45, 7) is 2.13. The Labute approximate surface area is 140 Å². The van der Waals surface area contributed by atoms with Crippen LogP contribution in [-0.2, 0) is 25.2 Å². The number of rotatable bonds is 4. The van der Waals surface area contributed by atoms with Gasteiger partial charge in [-0.05, 0) is 54.3 Å². The Bertz CT molecular complexity index is 660. The van der Waals surface area contributed by atoms with Crippen LogP contribution in [0.4, 0.5) is 0 Å². The molecular formula is C18H20ClNOS. The van der Waals surface area contributed by atoms with Crippen molar-refractivity contribution in [2.24, 2.45) is 0 Å². The average molecular weight is 334 g/mol. The zero-order valence-corrected chi connectivity index (χ0v) is 14.0. The van der Waals surface area contributed by atoms with Gasteiger partial charge in [-0.25, -0.2) is 0 Å². The molecule has 2 nitrogen and oxygen atoms in total. The Kier molecular flexibility index (Phi) is 5.42. The number of halogens is 1.